The monoisotopic (exact) mass is 396 g/mol. The van der Waals surface area contributed by atoms with Gasteiger partial charge in [-0.2, -0.15) is 0 Å². The molecule has 0 atom stereocenters. The van der Waals surface area contributed by atoms with E-state index in [4.69, 9.17) is 0 Å². The average Bonchev–Trinajstić information content (AvgIpc) is 2.67. The normalized spacial score (nSPS) is 11.5. The number of benzene rings is 3. The lowest BCUT2D eigenvalue weighted by atomic mass is 10.1. The number of nitrogens with zero attached hydrogens (tertiary/aromatic N) is 1. The van der Waals surface area contributed by atoms with Crippen molar-refractivity contribution in [1.29, 1.82) is 0 Å². The molecule has 0 saturated heterocycles. The summed E-state index contributed by atoms with van der Waals surface area (Å²) in [4.78, 5) is 14.4. The van der Waals surface area contributed by atoms with Crippen LogP contribution in [0.1, 0.15) is 21.5 Å². The molecule has 0 bridgehead atoms. The first-order chi connectivity index (χ1) is 13.3. The highest BCUT2D eigenvalue weighted by atomic mass is 32.2. The molecule has 1 N–H and O–H groups in total. The molecule has 5 nitrogen and oxygen atoms in total. The van der Waals surface area contributed by atoms with Gasteiger partial charge in [0.25, 0.3) is 5.91 Å². The Morgan fingerprint density at radius 3 is 2.25 bits per heavy atom. The topological polar surface area (TPSA) is 66.5 Å². The second-order valence-electron chi connectivity index (χ2n) is 6.96. The summed E-state index contributed by atoms with van der Waals surface area (Å²) in [6.07, 6.45) is 1.72. The summed E-state index contributed by atoms with van der Waals surface area (Å²) in [6, 6.07) is 21.7. The van der Waals surface area contributed by atoms with Crippen molar-refractivity contribution in [3.05, 3.63) is 83.4 Å². The van der Waals surface area contributed by atoms with Crippen LogP contribution in [0.3, 0.4) is 0 Å². The summed E-state index contributed by atoms with van der Waals surface area (Å²) >= 11 is 0. The summed E-state index contributed by atoms with van der Waals surface area (Å²) in [5.74, 6) is -0.0473. The molecule has 3 aromatic rings. The highest BCUT2D eigenvalue weighted by Gasteiger charge is 2.12. The van der Waals surface area contributed by atoms with Crippen molar-refractivity contribution in [1.82, 2.24) is 9.62 Å². The van der Waals surface area contributed by atoms with Gasteiger partial charge in [-0.15, -0.1) is 0 Å². The van der Waals surface area contributed by atoms with Gasteiger partial charge in [-0.1, -0.05) is 48.5 Å². The van der Waals surface area contributed by atoms with Crippen molar-refractivity contribution in [2.24, 2.45) is 0 Å². The van der Waals surface area contributed by atoms with Crippen LogP contribution in [0, 0.1) is 0 Å². The Hall–Kier alpha value is -2.70. The number of carbonyl (C=O) groups excluding carboxylic acids is 1. The molecule has 0 aliphatic rings. The number of hydrogen-bond acceptors (Lipinski definition) is 3. The largest absolute Gasteiger partial charge is 0.337 e. The highest BCUT2D eigenvalue weighted by Crippen LogP contribution is 2.17. The molecular formula is C22H24N2O3S. The second kappa shape index (κ2) is 8.54. The minimum Gasteiger partial charge on any atom is -0.337 e. The molecule has 6 heteroatoms. The fourth-order valence-corrected chi connectivity index (χ4v) is 3.57. The van der Waals surface area contributed by atoms with Crippen LogP contribution in [0.5, 0.6) is 0 Å². The maximum Gasteiger partial charge on any atom is 0.253 e. The fraction of sp³-hybridized carbons (Fsp3) is 0.227. The van der Waals surface area contributed by atoms with Crippen LogP contribution >= 0.6 is 0 Å². The van der Waals surface area contributed by atoms with Gasteiger partial charge in [0.1, 0.15) is 0 Å². The van der Waals surface area contributed by atoms with Gasteiger partial charge in [0, 0.05) is 25.7 Å². The van der Waals surface area contributed by atoms with Crippen LogP contribution in [0.2, 0.25) is 0 Å². The van der Waals surface area contributed by atoms with Crippen LogP contribution < -0.4 is 4.72 Å². The van der Waals surface area contributed by atoms with Crippen LogP contribution in [-0.2, 0) is 23.0 Å². The summed E-state index contributed by atoms with van der Waals surface area (Å²) in [6.45, 7) is 0.873. The van der Waals surface area contributed by atoms with Gasteiger partial charge in [0.15, 0.2) is 0 Å². The van der Waals surface area contributed by atoms with Gasteiger partial charge in [0.2, 0.25) is 10.0 Å². The Morgan fingerprint density at radius 1 is 0.929 bits per heavy atom. The maximum absolute atomic E-state index is 12.7. The van der Waals surface area contributed by atoms with Crippen molar-refractivity contribution in [2.45, 2.75) is 13.0 Å². The Kier molecular flexibility index (Phi) is 6.11. The second-order valence-corrected chi connectivity index (χ2v) is 8.79. The first-order valence-corrected chi connectivity index (χ1v) is 11.0. The summed E-state index contributed by atoms with van der Waals surface area (Å²) in [5, 5.41) is 2.34. The maximum atomic E-state index is 12.7. The number of nitrogens with one attached hydrogen (secondary N) is 1. The molecule has 28 heavy (non-hydrogen) atoms. The quantitative estimate of drug-likeness (QED) is 0.667. The number of sulfonamides is 1. The van der Waals surface area contributed by atoms with Crippen molar-refractivity contribution >= 4 is 26.7 Å². The first kappa shape index (κ1) is 20.0. The van der Waals surface area contributed by atoms with Crippen molar-refractivity contribution in [2.75, 3.05) is 19.8 Å². The van der Waals surface area contributed by atoms with Gasteiger partial charge in [-0.25, -0.2) is 13.1 Å². The van der Waals surface area contributed by atoms with Crippen LogP contribution in [0.15, 0.2) is 66.7 Å². The van der Waals surface area contributed by atoms with E-state index in [0.29, 0.717) is 25.1 Å². The molecule has 1 amide bonds. The van der Waals surface area contributed by atoms with E-state index in [-0.39, 0.29) is 5.91 Å². The minimum atomic E-state index is -3.18. The zero-order valence-corrected chi connectivity index (χ0v) is 16.9. The van der Waals surface area contributed by atoms with Gasteiger partial charge in [-0.3, -0.25) is 4.79 Å². The predicted octanol–water partition coefficient (Wildman–Crippen LogP) is 3.20. The van der Waals surface area contributed by atoms with Crippen LogP contribution in [0.25, 0.3) is 10.8 Å². The highest BCUT2D eigenvalue weighted by molar-refractivity contribution is 7.88. The molecule has 0 spiro atoms. The summed E-state index contributed by atoms with van der Waals surface area (Å²) in [5.41, 5.74) is 2.67. The third-order valence-corrected chi connectivity index (χ3v) is 5.29. The lowest BCUT2D eigenvalue weighted by Crippen LogP contribution is -2.26. The van der Waals surface area contributed by atoms with Crippen LogP contribution in [-0.4, -0.2) is 39.1 Å². The summed E-state index contributed by atoms with van der Waals surface area (Å²) in [7, 11) is -1.39. The Bertz CT molecular complexity index is 1080. The number of fused-ring (bicyclic) bond motifs is 1. The molecule has 3 rings (SSSR count). The third-order valence-electron chi connectivity index (χ3n) is 4.56. The predicted molar refractivity (Wildman–Crippen MR) is 113 cm³/mol. The van der Waals surface area contributed by atoms with E-state index in [2.05, 4.69) is 29.0 Å². The SMILES string of the molecule is CN(Cc1ccc2ccccc2c1)C(=O)c1ccc(CCNS(C)(=O)=O)cc1. The molecule has 0 aliphatic carbocycles. The molecule has 0 heterocycles. The Labute approximate surface area is 166 Å². The van der Waals surface area contributed by atoms with E-state index in [1.807, 2.05) is 30.3 Å². The zero-order valence-electron chi connectivity index (χ0n) is 16.1. The van der Waals surface area contributed by atoms with Gasteiger partial charge in [0.05, 0.1) is 6.26 Å². The van der Waals surface area contributed by atoms with E-state index in [9.17, 15) is 13.2 Å². The van der Waals surface area contributed by atoms with Gasteiger partial charge < -0.3 is 4.90 Å². The van der Waals surface area contributed by atoms with Crippen molar-refractivity contribution in [3.8, 4) is 0 Å². The van der Waals surface area contributed by atoms with Crippen molar-refractivity contribution < 1.29 is 13.2 Å². The molecule has 146 valence electrons. The van der Waals surface area contributed by atoms with E-state index in [0.717, 1.165) is 22.8 Å². The van der Waals surface area contributed by atoms with E-state index in [1.165, 1.54) is 5.39 Å². The molecule has 0 radical (unpaired) electrons. The summed E-state index contributed by atoms with van der Waals surface area (Å²) < 4.78 is 24.7. The fourth-order valence-electron chi connectivity index (χ4n) is 3.10. The van der Waals surface area contributed by atoms with Crippen LogP contribution in [0.4, 0.5) is 0 Å². The van der Waals surface area contributed by atoms with Gasteiger partial charge in [-0.05, 0) is 46.5 Å². The zero-order chi connectivity index (χ0) is 20.1. The Balaban J connectivity index is 1.62. The molecule has 0 fully saturated rings. The van der Waals surface area contributed by atoms with Crippen molar-refractivity contribution in [3.63, 3.8) is 0 Å². The minimum absolute atomic E-state index is 0.0473. The van der Waals surface area contributed by atoms with E-state index in [1.54, 1.807) is 24.1 Å². The lowest BCUT2D eigenvalue weighted by Gasteiger charge is -2.18. The van der Waals surface area contributed by atoms with E-state index >= 15 is 0 Å². The molecule has 3 aromatic carbocycles. The average molecular weight is 397 g/mol. The first-order valence-electron chi connectivity index (χ1n) is 9.08. The Morgan fingerprint density at radius 2 is 1.57 bits per heavy atom. The number of carbonyl (C=O) groups is 1. The van der Waals surface area contributed by atoms with Gasteiger partial charge >= 0.3 is 0 Å². The molecule has 0 aromatic heterocycles. The molecule has 0 saturated carbocycles. The molecular weight excluding hydrogens is 372 g/mol. The number of rotatable bonds is 7. The van der Waals surface area contributed by atoms with E-state index < -0.39 is 10.0 Å². The number of hydrogen-bond donors (Lipinski definition) is 1. The molecule has 0 aliphatic heterocycles. The lowest BCUT2D eigenvalue weighted by molar-refractivity contribution is 0.0785. The third kappa shape index (κ3) is 5.41. The smallest absolute Gasteiger partial charge is 0.253 e. The standard InChI is InChI=1S/C22H24N2O3S/c1-24(16-18-9-10-19-5-3-4-6-21(19)15-18)22(25)20-11-7-17(8-12-20)13-14-23-28(2,26)27/h3-12,15,23H,13-14,16H2,1-2H3. The molecule has 0 unspecified atom stereocenters. The number of amides is 1.